The zero-order valence-electron chi connectivity index (χ0n) is 18.7. The first kappa shape index (κ1) is 22.2. The van der Waals surface area contributed by atoms with E-state index in [2.05, 4.69) is 19.7 Å². The maximum atomic E-state index is 10.9. The highest BCUT2D eigenvalue weighted by atomic mass is 32.1. The molecule has 0 unspecified atom stereocenters. The number of carbonyl (C=O) groups is 1. The summed E-state index contributed by atoms with van der Waals surface area (Å²) >= 11 is 1.39. The molecule has 176 valence electrons. The van der Waals surface area contributed by atoms with Gasteiger partial charge in [-0.25, -0.2) is 9.97 Å². The number of nitrogens with zero attached hydrogens (tertiary/aromatic N) is 6. The zero-order valence-corrected chi connectivity index (χ0v) is 19.6. The Balaban J connectivity index is 1.29. The lowest BCUT2D eigenvalue weighted by Gasteiger charge is -2.39. The molecule has 0 bridgehead atoms. The minimum absolute atomic E-state index is 0.159. The molecule has 1 aliphatic carbocycles. The summed E-state index contributed by atoms with van der Waals surface area (Å²) in [7, 11) is 0. The van der Waals surface area contributed by atoms with Crippen molar-refractivity contribution in [3.8, 4) is 0 Å². The van der Waals surface area contributed by atoms with E-state index < -0.39 is 5.97 Å². The zero-order chi connectivity index (χ0) is 22.8. The molecule has 11 heteroatoms. The summed E-state index contributed by atoms with van der Waals surface area (Å²) < 4.78 is 11.4. The average molecular weight is 472 g/mol. The number of aromatic nitrogens is 5. The van der Waals surface area contributed by atoms with E-state index in [9.17, 15) is 4.79 Å². The van der Waals surface area contributed by atoms with Crippen LogP contribution in [0.2, 0.25) is 0 Å². The normalized spacial score (nSPS) is 22.0. The first-order chi connectivity index (χ1) is 16.0. The maximum absolute atomic E-state index is 10.9. The highest BCUT2D eigenvalue weighted by molar-refractivity contribution is 7.13. The van der Waals surface area contributed by atoms with Crippen LogP contribution in [0.5, 0.6) is 0 Å². The molecule has 1 aliphatic heterocycles. The third-order valence-electron chi connectivity index (χ3n) is 6.50. The van der Waals surface area contributed by atoms with E-state index in [4.69, 9.17) is 19.8 Å². The van der Waals surface area contributed by atoms with Crippen molar-refractivity contribution < 1.29 is 14.6 Å². The monoisotopic (exact) mass is 471 g/mol. The summed E-state index contributed by atoms with van der Waals surface area (Å²) in [4.78, 5) is 24.0. The largest absolute Gasteiger partial charge is 0.480 e. The Morgan fingerprint density at radius 2 is 2.03 bits per heavy atom. The third kappa shape index (κ3) is 5.15. The molecule has 2 fully saturated rings. The molecule has 2 aliphatic rings. The van der Waals surface area contributed by atoms with Crippen molar-refractivity contribution in [3.63, 3.8) is 0 Å². The second kappa shape index (κ2) is 9.70. The molecule has 3 aromatic rings. The van der Waals surface area contributed by atoms with E-state index >= 15 is 0 Å². The fourth-order valence-corrected chi connectivity index (χ4v) is 5.64. The first-order valence-corrected chi connectivity index (χ1v) is 12.3. The number of carboxylic acid groups (broad SMARTS) is 1. The van der Waals surface area contributed by atoms with E-state index in [0.717, 1.165) is 66.4 Å². The van der Waals surface area contributed by atoms with Crippen LogP contribution in [0.25, 0.3) is 10.2 Å². The topological polar surface area (TPSA) is 118 Å². The fraction of sp³-hybridized carbons (Fsp3) is 0.591. The number of hydrogen-bond acceptors (Lipinski definition) is 9. The Morgan fingerprint density at radius 1 is 1.24 bits per heavy atom. The summed E-state index contributed by atoms with van der Waals surface area (Å²) in [6, 6.07) is 1.03. The highest BCUT2D eigenvalue weighted by Gasteiger charge is 2.28. The van der Waals surface area contributed by atoms with Crippen molar-refractivity contribution >= 4 is 33.5 Å². The van der Waals surface area contributed by atoms with Crippen molar-refractivity contribution in [2.24, 2.45) is 0 Å². The molecule has 4 heterocycles. The average Bonchev–Trinajstić information content (AvgIpc) is 3.40. The van der Waals surface area contributed by atoms with Gasteiger partial charge >= 0.3 is 5.97 Å². The van der Waals surface area contributed by atoms with Crippen LogP contribution in [0.15, 0.2) is 12.4 Å². The van der Waals surface area contributed by atoms with Crippen LogP contribution in [0.3, 0.4) is 0 Å². The van der Waals surface area contributed by atoms with Crippen LogP contribution in [-0.4, -0.2) is 78.5 Å². The van der Waals surface area contributed by atoms with Gasteiger partial charge in [0.2, 0.25) is 0 Å². The van der Waals surface area contributed by atoms with Crippen molar-refractivity contribution in [2.45, 2.75) is 57.7 Å². The van der Waals surface area contributed by atoms with Gasteiger partial charge in [0.15, 0.2) is 0 Å². The summed E-state index contributed by atoms with van der Waals surface area (Å²) in [6.07, 6.45) is 8.49. The van der Waals surface area contributed by atoms with Gasteiger partial charge in [-0.3, -0.25) is 14.4 Å². The quantitative estimate of drug-likeness (QED) is 0.535. The van der Waals surface area contributed by atoms with E-state index in [-0.39, 0.29) is 6.54 Å². The summed E-state index contributed by atoms with van der Waals surface area (Å²) in [5, 5.41) is 17.8. The summed E-state index contributed by atoms with van der Waals surface area (Å²) in [6.45, 7) is 5.62. The van der Waals surface area contributed by atoms with Crippen LogP contribution in [0, 0.1) is 6.92 Å². The van der Waals surface area contributed by atoms with Crippen LogP contribution >= 0.6 is 11.5 Å². The highest BCUT2D eigenvalue weighted by Crippen LogP contribution is 2.31. The molecule has 0 amide bonds. The van der Waals surface area contributed by atoms with Crippen molar-refractivity contribution in [2.75, 3.05) is 31.6 Å². The molecule has 0 radical (unpaired) electrons. The molecule has 3 aromatic heterocycles. The molecular formula is C22H29N7O3S. The van der Waals surface area contributed by atoms with E-state index in [1.807, 2.05) is 6.92 Å². The SMILES string of the molecule is Cc1nsc2nc(Cc3cnn(CC(=O)O)c3)nc(NC3CCC(N4CCOCC4)CC3)c12. The third-order valence-corrected chi connectivity index (χ3v) is 7.33. The summed E-state index contributed by atoms with van der Waals surface area (Å²) in [5.74, 6) is 0.622. The lowest BCUT2D eigenvalue weighted by atomic mass is 9.90. The minimum Gasteiger partial charge on any atom is -0.480 e. The first-order valence-electron chi connectivity index (χ1n) is 11.5. The van der Waals surface area contributed by atoms with E-state index in [0.29, 0.717) is 24.3 Å². The lowest BCUT2D eigenvalue weighted by Crippen LogP contribution is -2.46. The number of aliphatic carboxylic acids is 1. The van der Waals surface area contributed by atoms with Crippen LogP contribution < -0.4 is 5.32 Å². The number of morpholine rings is 1. The van der Waals surface area contributed by atoms with E-state index in [1.165, 1.54) is 29.1 Å². The molecule has 0 atom stereocenters. The summed E-state index contributed by atoms with van der Waals surface area (Å²) in [5.41, 5.74) is 1.83. The predicted molar refractivity (Wildman–Crippen MR) is 125 cm³/mol. The van der Waals surface area contributed by atoms with Gasteiger partial charge in [0.25, 0.3) is 0 Å². The number of carboxylic acids is 1. The van der Waals surface area contributed by atoms with Gasteiger partial charge in [-0.1, -0.05) is 0 Å². The molecule has 1 saturated heterocycles. The standard InChI is InChI=1S/C22H29N7O3S/c1-14-20-21(24-16-2-4-17(5-3-16)28-6-8-32-9-7-28)25-18(26-22(20)33-27-14)10-15-11-23-29(12-15)13-19(30)31/h11-12,16-17H,2-10,13H2,1H3,(H,30,31)(H,24,25,26). The molecule has 0 spiro atoms. The molecule has 33 heavy (non-hydrogen) atoms. The Bertz CT molecular complexity index is 1120. The lowest BCUT2D eigenvalue weighted by molar-refractivity contribution is -0.137. The van der Waals surface area contributed by atoms with Gasteiger partial charge in [0.05, 0.1) is 30.5 Å². The Kier molecular flexibility index (Phi) is 6.52. The molecule has 10 nitrogen and oxygen atoms in total. The maximum Gasteiger partial charge on any atom is 0.325 e. The minimum atomic E-state index is -0.919. The van der Waals surface area contributed by atoms with E-state index in [1.54, 1.807) is 12.4 Å². The van der Waals surface area contributed by atoms with Crippen molar-refractivity contribution in [1.29, 1.82) is 0 Å². The second-order valence-electron chi connectivity index (χ2n) is 8.85. The molecule has 5 rings (SSSR count). The Morgan fingerprint density at radius 3 is 2.79 bits per heavy atom. The molecular weight excluding hydrogens is 442 g/mol. The number of nitrogens with one attached hydrogen (secondary N) is 1. The molecule has 0 aromatic carbocycles. The second-order valence-corrected chi connectivity index (χ2v) is 9.60. The number of rotatable bonds is 7. The molecule has 2 N–H and O–H groups in total. The Hall–Kier alpha value is -2.63. The van der Waals surface area contributed by atoms with Crippen molar-refractivity contribution in [1.82, 2.24) is 29.0 Å². The number of ether oxygens (including phenoxy) is 1. The Labute approximate surface area is 196 Å². The predicted octanol–water partition coefficient (Wildman–Crippen LogP) is 2.32. The van der Waals surface area contributed by atoms with Gasteiger partial charge in [0.1, 0.15) is 23.0 Å². The fourth-order valence-electron chi connectivity index (χ4n) is 4.84. The van der Waals surface area contributed by atoms with Gasteiger partial charge in [-0.05, 0) is 49.7 Å². The number of fused-ring (bicyclic) bond motifs is 1. The number of anilines is 1. The van der Waals surface area contributed by atoms with Crippen LogP contribution in [0.4, 0.5) is 5.82 Å². The van der Waals surface area contributed by atoms with Gasteiger partial charge in [-0.15, -0.1) is 0 Å². The van der Waals surface area contributed by atoms with Crippen LogP contribution in [-0.2, 0) is 22.5 Å². The smallest absolute Gasteiger partial charge is 0.325 e. The molecule has 1 saturated carbocycles. The number of aryl methyl sites for hydroxylation is 1. The number of hydrogen-bond donors (Lipinski definition) is 2. The van der Waals surface area contributed by atoms with Crippen molar-refractivity contribution in [3.05, 3.63) is 29.5 Å². The van der Waals surface area contributed by atoms with Gasteiger partial charge in [-0.2, -0.15) is 9.47 Å². The van der Waals surface area contributed by atoms with Gasteiger partial charge < -0.3 is 15.2 Å². The van der Waals surface area contributed by atoms with Gasteiger partial charge in [0, 0.05) is 37.8 Å². The van der Waals surface area contributed by atoms with Crippen LogP contribution in [0.1, 0.15) is 42.8 Å².